The summed E-state index contributed by atoms with van der Waals surface area (Å²) in [5.74, 6) is -0.682. The Bertz CT molecular complexity index is 905. The van der Waals surface area contributed by atoms with Gasteiger partial charge >= 0.3 is 0 Å². The Kier molecular flexibility index (Phi) is 6.11. The summed E-state index contributed by atoms with van der Waals surface area (Å²) in [6.45, 7) is 0. The fourth-order valence-electron chi connectivity index (χ4n) is 2.57. The molecular weight excluding hydrogens is 434 g/mol. The van der Waals surface area contributed by atoms with Gasteiger partial charge in [0.1, 0.15) is 17.6 Å². The molecule has 0 aliphatic carbocycles. The van der Waals surface area contributed by atoms with Gasteiger partial charge in [0.25, 0.3) is 11.8 Å². The van der Waals surface area contributed by atoms with Crippen molar-refractivity contribution < 1.29 is 17.7 Å². The minimum Gasteiger partial charge on any atom is -0.417 e. The molecule has 3 aromatic rings. The van der Waals surface area contributed by atoms with Crippen LogP contribution in [0.4, 0.5) is 5.69 Å². The number of amides is 2. The third-order valence-corrected chi connectivity index (χ3v) is 4.34. The molecule has 0 radical (unpaired) electrons. The molecule has 0 aliphatic rings. The predicted molar refractivity (Wildman–Crippen MR) is 107 cm³/mol. The molecule has 3 aromatic carbocycles. The standard InChI is InChI=1S/C20H13BrClNO4/c21-26-17-12-6-4-10-15(17)19(24)23(14-8-2-1-3-9-14)20(25)16-11-5-7-13-18(16)27-22/h1-13H. The Balaban J connectivity index is 2.12. The Labute approximate surface area is 169 Å². The highest BCUT2D eigenvalue weighted by atomic mass is 79.9. The Morgan fingerprint density at radius 2 is 1.22 bits per heavy atom. The van der Waals surface area contributed by atoms with Crippen molar-refractivity contribution in [3.63, 3.8) is 0 Å². The second kappa shape index (κ2) is 8.70. The van der Waals surface area contributed by atoms with Crippen LogP contribution in [0.2, 0.25) is 0 Å². The fraction of sp³-hybridized carbons (Fsp3) is 0. The number of benzene rings is 3. The molecule has 0 saturated carbocycles. The van der Waals surface area contributed by atoms with Crippen LogP contribution < -0.4 is 13.0 Å². The summed E-state index contributed by atoms with van der Waals surface area (Å²) in [5.41, 5.74) is 0.777. The van der Waals surface area contributed by atoms with Crippen molar-refractivity contribution >= 4 is 45.6 Å². The number of hydrogen-bond acceptors (Lipinski definition) is 4. The van der Waals surface area contributed by atoms with Gasteiger partial charge in [0.15, 0.2) is 22.0 Å². The number of anilines is 1. The van der Waals surface area contributed by atoms with E-state index in [0.717, 1.165) is 4.90 Å². The number of imide groups is 1. The van der Waals surface area contributed by atoms with Crippen LogP contribution in [0.15, 0.2) is 78.9 Å². The zero-order valence-electron chi connectivity index (χ0n) is 13.8. The molecule has 0 saturated heterocycles. The van der Waals surface area contributed by atoms with Gasteiger partial charge in [0, 0.05) is 0 Å². The van der Waals surface area contributed by atoms with Crippen molar-refractivity contribution in [2.75, 3.05) is 4.90 Å². The molecule has 2 amide bonds. The summed E-state index contributed by atoms with van der Waals surface area (Å²) in [7, 11) is 0. The molecule has 0 fully saturated rings. The van der Waals surface area contributed by atoms with E-state index in [-0.39, 0.29) is 22.6 Å². The first-order valence-electron chi connectivity index (χ1n) is 7.86. The fourth-order valence-corrected chi connectivity index (χ4v) is 2.98. The van der Waals surface area contributed by atoms with Gasteiger partial charge < -0.3 is 8.12 Å². The molecule has 0 spiro atoms. The molecule has 0 aromatic heterocycles. The minimum absolute atomic E-state index is 0.155. The average Bonchev–Trinajstić information content (AvgIpc) is 2.74. The van der Waals surface area contributed by atoms with Crippen LogP contribution in [-0.4, -0.2) is 11.8 Å². The van der Waals surface area contributed by atoms with E-state index >= 15 is 0 Å². The van der Waals surface area contributed by atoms with Crippen LogP contribution in [0, 0.1) is 0 Å². The van der Waals surface area contributed by atoms with Gasteiger partial charge in [-0.15, -0.1) is 0 Å². The van der Waals surface area contributed by atoms with Crippen LogP contribution in [0.1, 0.15) is 20.7 Å². The highest BCUT2D eigenvalue weighted by Gasteiger charge is 2.29. The van der Waals surface area contributed by atoms with Gasteiger partial charge in [-0.05, 0) is 36.4 Å². The van der Waals surface area contributed by atoms with Crippen molar-refractivity contribution in [2.45, 2.75) is 0 Å². The summed E-state index contributed by atoms with van der Waals surface area (Å²) >= 11 is 8.38. The van der Waals surface area contributed by atoms with Crippen molar-refractivity contribution in [1.29, 1.82) is 0 Å². The molecule has 0 heterocycles. The lowest BCUT2D eigenvalue weighted by Gasteiger charge is -2.22. The minimum atomic E-state index is -0.577. The zero-order valence-corrected chi connectivity index (χ0v) is 16.2. The third kappa shape index (κ3) is 3.97. The lowest BCUT2D eigenvalue weighted by Crippen LogP contribution is -2.37. The molecule has 0 N–H and O–H groups in total. The maximum Gasteiger partial charge on any atom is 0.269 e. The summed E-state index contributed by atoms with van der Waals surface area (Å²) in [5, 5.41) is 0. The second-order valence-electron chi connectivity index (χ2n) is 5.43. The van der Waals surface area contributed by atoms with E-state index in [1.165, 1.54) is 6.07 Å². The van der Waals surface area contributed by atoms with Crippen molar-refractivity contribution in [2.24, 2.45) is 0 Å². The molecule has 27 heavy (non-hydrogen) atoms. The molecular formula is C20H13BrClNO4. The van der Waals surface area contributed by atoms with Crippen molar-refractivity contribution in [3.8, 4) is 11.5 Å². The number of carbonyl (C=O) groups excluding carboxylic acids is 2. The summed E-state index contributed by atoms with van der Waals surface area (Å²) in [6.07, 6.45) is 0. The monoisotopic (exact) mass is 445 g/mol. The summed E-state index contributed by atoms with van der Waals surface area (Å²) in [4.78, 5) is 27.6. The molecule has 0 bridgehead atoms. The predicted octanol–water partition coefficient (Wildman–Crippen LogP) is 5.40. The van der Waals surface area contributed by atoms with E-state index in [1.807, 2.05) is 0 Å². The first-order chi connectivity index (χ1) is 13.2. The van der Waals surface area contributed by atoms with E-state index in [4.69, 9.17) is 20.0 Å². The largest absolute Gasteiger partial charge is 0.417 e. The number of carbonyl (C=O) groups is 2. The van der Waals surface area contributed by atoms with Crippen LogP contribution in [0.5, 0.6) is 11.5 Å². The normalized spacial score (nSPS) is 10.1. The van der Waals surface area contributed by atoms with E-state index in [1.54, 1.807) is 72.8 Å². The van der Waals surface area contributed by atoms with E-state index in [9.17, 15) is 9.59 Å². The second-order valence-corrected chi connectivity index (χ2v) is 5.91. The maximum atomic E-state index is 13.3. The molecule has 7 heteroatoms. The lowest BCUT2D eigenvalue weighted by atomic mass is 10.1. The molecule has 0 unspecified atom stereocenters. The summed E-state index contributed by atoms with van der Waals surface area (Å²) in [6, 6.07) is 21.6. The highest BCUT2D eigenvalue weighted by Crippen LogP contribution is 2.28. The van der Waals surface area contributed by atoms with Crippen molar-refractivity contribution in [3.05, 3.63) is 90.0 Å². The van der Waals surface area contributed by atoms with E-state index < -0.39 is 11.8 Å². The number of rotatable bonds is 5. The maximum absolute atomic E-state index is 13.3. The van der Waals surface area contributed by atoms with Gasteiger partial charge in [-0.1, -0.05) is 42.5 Å². The SMILES string of the molecule is O=C(c1ccccc1OCl)N(C(=O)c1ccccc1OBr)c1ccccc1. The molecule has 0 aliphatic heterocycles. The van der Waals surface area contributed by atoms with Crippen molar-refractivity contribution in [1.82, 2.24) is 0 Å². The molecule has 136 valence electrons. The topological polar surface area (TPSA) is 55.8 Å². The lowest BCUT2D eigenvalue weighted by molar-refractivity contribution is 0.0896. The first kappa shape index (κ1) is 18.9. The molecule has 5 nitrogen and oxygen atoms in total. The summed E-state index contributed by atoms with van der Waals surface area (Å²) < 4.78 is 9.85. The van der Waals surface area contributed by atoms with Gasteiger partial charge in [0.05, 0.1) is 16.8 Å². The third-order valence-electron chi connectivity index (χ3n) is 3.82. The Morgan fingerprint density at radius 1 is 0.741 bits per heavy atom. The van der Waals surface area contributed by atoms with Crippen LogP contribution in [0.25, 0.3) is 0 Å². The molecule has 3 rings (SSSR count). The van der Waals surface area contributed by atoms with Crippen LogP contribution >= 0.6 is 28.1 Å². The van der Waals surface area contributed by atoms with E-state index in [2.05, 4.69) is 16.3 Å². The van der Waals surface area contributed by atoms with Crippen LogP contribution in [0.3, 0.4) is 0 Å². The number of nitrogens with zero attached hydrogens (tertiary/aromatic N) is 1. The zero-order chi connectivity index (χ0) is 19.2. The van der Waals surface area contributed by atoms with Gasteiger partial charge in [-0.2, -0.15) is 0 Å². The van der Waals surface area contributed by atoms with Crippen LogP contribution in [-0.2, 0) is 0 Å². The number of halogens is 2. The smallest absolute Gasteiger partial charge is 0.269 e. The highest BCUT2D eigenvalue weighted by molar-refractivity contribution is 9.06. The molecule has 0 atom stereocenters. The first-order valence-corrected chi connectivity index (χ1v) is 8.82. The van der Waals surface area contributed by atoms with E-state index in [0.29, 0.717) is 5.69 Å². The quantitative estimate of drug-likeness (QED) is 0.493. The average molecular weight is 447 g/mol. The van der Waals surface area contributed by atoms with Gasteiger partial charge in [0.2, 0.25) is 0 Å². The number of hydrogen-bond donors (Lipinski definition) is 0. The van der Waals surface area contributed by atoms with Gasteiger partial charge in [-0.25, -0.2) is 4.90 Å². The van der Waals surface area contributed by atoms with Gasteiger partial charge in [-0.3, -0.25) is 9.59 Å². The Morgan fingerprint density at radius 3 is 1.78 bits per heavy atom. The Hall–Kier alpha value is -2.83. The number of para-hydroxylation sites is 3.